The Balaban J connectivity index is 1.40. The molecule has 0 bridgehead atoms. The maximum Gasteiger partial charge on any atom is 0.319 e. The van der Waals surface area contributed by atoms with Crippen molar-refractivity contribution in [2.45, 2.75) is 45.3 Å². The Kier molecular flexibility index (Phi) is 6.02. The second-order valence-electron chi connectivity index (χ2n) is 7.72. The summed E-state index contributed by atoms with van der Waals surface area (Å²) in [6, 6.07) is 4.63. The Morgan fingerprint density at radius 1 is 1.39 bits per heavy atom. The molecule has 2 aliphatic rings. The molecular weight excluding hydrogens is 436 g/mol. The molecule has 7 nitrogen and oxygen atoms in total. The van der Waals surface area contributed by atoms with E-state index in [0.29, 0.717) is 43.1 Å². The number of hydrogen-bond acceptors (Lipinski definition) is 5. The number of anilines is 1. The third-order valence-corrected chi connectivity index (χ3v) is 7.06. The van der Waals surface area contributed by atoms with E-state index >= 15 is 0 Å². The van der Waals surface area contributed by atoms with Crippen molar-refractivity contribution < 1.29 is 14.4 Å². The van der Waals surface area contributed by atoms with Gasteiger partial charge in [0, 0.05) is 45.2 Å². The molecule has 3 heterocycles. The van der Waals surface area contributed by atoms with E-state index in [9.17, 15) is 14.4 Å². The fourth-order valence-electron chi connectivity index (χ4n) is 3.88. The van der Waals surface area contributed by atoms with Gasteiger partial charge < -0.3 is 15.5 Å². The quantitative estimate of drug-likeness (QED) is 0.604. The lowest BCUT2D eigenvalue weighted by Gasteiger charge is -2.28. The molecule has 2 aromatic rings. The zero-order valence-electron chi connectivity index (χ0n) is 17.1. The molecular formula is C22H23ClN4O3S. The summed E-state index contributed by atoms with van der Waals surface area (Å²) in [5, 5.41) is 10.7. The van der Waals surface area contributed by atoms with E-state index in [0.717, 1.165) is 27.3 Å². The second kappa shape index (κ2) is 8.72. The van der Waals surface area contributed by atoms with Crippen LogP contribution in [0.25, 0.3) is 5.70 Å². The van der Waals surface area contributed by atoms with Gasteiger partial charge in [0.25, 0.3) is 0 Å². The number of thiophene rings is 1. The van der Waals surface area contributed by atoms with Crippen LogP contribution >= 0.6 is 22.9 Å². The van der Waals surface area contributed by atoms with Crippen LogP contribution in [0.1, 0.15) is 40.8 Å². The smallest absolute Gasteiger partial charge is 0.319 e. The van der Waals surface area contributed by atoms with Crippen molar-refractivity contribution in [2.75, 3.05) is 5.32 Å². The van der Waals surface area contributed by atoms with E-state index in [1.807, 2.05) is 23.3 Å². The number of benzene rings is 1. The molecule has 0 aliphatic carbocycles. The predicted molar refractivity (Wildman–Crippen MR) is 122 cm³/mol. The number of rotatable bonds is 4. The van der Waals surface area contributed by atoms with Crippen LogP contribution in [0.15, 0.2) is 30.2 Å². The molecule has 0 spiro atoms. The summed E-state index contributed by atoms with van der Waals surface area (Å²) in [6.45, 7) is 6.97. The maximum atomic E-state index is 12.5. The summed E-state index contributed by atoms with van der Waals surface area (Å²) in [5.41, 5.74) is 4.41. The number of imide groups is 1. The molecule has 0 saturated carbocycles. The summed E-state index contributed by atoms with van der Waals surface area (Å²) >= 11 is 7.67. The molecule has 4 rings (SSSR count). The lowest BCUT2D eigenvalue weighted by atomic mass is 10.1. The Labute approximate surface area is 189 Å². The Morgan fingerprint density at radius 2 is 2.19 bits per heavy atom. The SMILES string of the molecule is C=C1c2csc(CNC(=O)Nc3ccc(C)c(Cl)c3)c2CN1[C@H]1CCCC(=O)NC1=O. The van der Waals surface area contributed by atoms with Crippen molar-refractivity contribution in [3.05, 3.63) is 56.7 Å². The minimum absolute atomic E-state index is 0.225. The van der Waals surface area contributed by atoms with Gasteiger partial charge in [0.05, 0.1) is 6.54 Å². The zero-order valence-corrected chi connectivity index (χ0v) is 18.7. The fraction of sp³-hybridized carbons (Fsp3) is 0.318. The summed E-state index contributed by atoms with van der Waals surface area (Å²) in [6.07, 6.45) is 1.64. The molecule has 1 atom stereocenters. The molecule has 1 aromatic carbocycles. The first-order valence-corrected chi connectivity index (χ1v) is 11.3. The first-order chi connectivity index (χ1) is 14.8. The van der Waals surface area contributed by atoms with Gasteiger partial charge >= 0.3 is 6.03 Å². The molecule has 4 amide bonds. The Morgan fingerprint density at radius 3 is 2.97 bits per heavy atom. The fourth-order valence-corrected chi connectivity index (χ4v) is 5.07. The van der Waals surface area contributed by atoms with Crippen molar-refractivity contribution in [3.8, 4) is 0 Å². The minimum Gasteiger partial charge on any atom is -0.355 e. The lowest BCUT2D eigenvalue weighted by Crippen LogP contribution is -2.44. The van der Waals surface area contributed by atoms with Gasteiger partial charge in [-0.3, -0.25) is 14.9 Å². The molecule has 1 saturated heterocycles. The molecule has 0 unspecified atom stereocenters. The van der Waals surface area contributed by atoms with Crippen LogP contribution in [0.5, 0.6) is 0 Å². The van der Waals surface area contributed by atoms with Crippen LogP contribution in [0.4, 0.5) is 10.5 Å². The number of nitrogens with one attached hydrogen (secondary N) is 3. The number of halogens is 1. The average molecular weight is 459 g/mol. The molecule has 0 radical (unpaired) electrons. The van der Waals surface area contributed by atoms with Crippen molar-refractivity contribution in [1.29, 1.82) is 0 Å². The zero-order chi connectivity index (χ0) is 22.1. The predicted octanol–water partition coefficient (Wildman–Crippen LogP) is 4.01. The highest BCUT2D eigenvalue weighted by atomic mass is 35.5. The largest absolute Gasteiger partial charge is 0.355 e. The van der Waals surface area contributed by atoms with Crippen LogP contribution in [-0.2, 0) is 22.7 Å². The molecule has 1 aromatic heterocycles. The van der Waals surface area contributed by atoms with Crippen molar-refractivity contribution in [2.24, 2.45) is 0 Å². The highest BCUT2D eigenvalue weighted by molar-refractivity contribution is 7.10. The standard InChI is InChI=1S/C22H23ClN4O3S/c1-12-6-7-14(8-17(12)23)25-22(30)24-9-19-15-10-27(13(2)16(15)11-31-19)18-4-3-5-20(28)26-21(18)29/h6-8,11,18H,2-5,9-10H2,1H3,(H2,24,25,30)(H,26,28,29)/t18-/m0/s1. The molecule has 31 heavy (non-hydrogen) atoms. The minimum atomic E-state index is -0.410. The van der Waals surface area contributed by atoms with E-state index in [4.69, 9.17) is 11.6 Å². The highest BCUT2D eigenvalue weighted by Crippen LogP contribution is 2.39. The van der Waals surface area contributed by atoms with Crippen LogP contribution in [-0.4, -0.2) is 28.8 Å². The van der Waals surface area contributed by atoms with E-state index in [1.165, 1.54) is 0 Å². The molecule has 9 heteroatoms. The third kappa shape index (κ3) is 4.45. The number of amides is 4. The van der Waals surface area contributed by atoms with Crippen molar-refractivity contribution in [3.63, 3.8) is 0 Å². The monoisotopic (exact) mass is 458 g/mol. The Hall–Kier alpha value is -2.84. The van der Waals surface area contributed by atoms with Gasteiger partial charge in [0.1, 0.15) is 6.04 Å². The van der Waals surface area contributed by atoms with Gasteiger partial charge in [-0.1, -0.05) is 24.2 Å². The van der Waals surface area contributed by atoms with Crippen LogP contribution in [0, 0.1) is 6.92 Å². The van der Waals surface area contributed by atoms with E-state index in [-0.39, 0.29) is 17.8 Å². The topological polar surface area (TPSA) is 90.5 Å². The Bertz CT molecular complexity index is 1080. The molecule has 1 fully saturated rings. The van der Waals surface area contributed by atoms with E-state index < -0.39 is 6.04 Å². The summed E-state index contributed by atoms with van der Waals surface area (Å²) in [4.78, 5) is 39.4. The van der Waals surface area contributed by atoms with Crippen LogP contribution in [0.3, 0.4) is 0 Å². The number of hydrogen-bond donors (Lipinski definition) is 3. The van der Waals surface area contributed by atoms with Crippen molar-refractivity contribution in [1.82, 2.24) is 15.5 Å². The number of fused-ring (bicyclic) bond motifs is 1. The number of carbonyl (C=O) groups is 3. The van der Waals surface area contributed by atoms with Crippen LogP contribution in [0.2, 0.25) is 5.02 Å². The maximum absolute atomic E-state index is 12.5. The number of aryl methyl sites for hydroxylation is 1. The number of carbonyl (C=O) groups excluding carboxylic acids is 3. The van der Waals surface area contributed by atoms with Gasteiger partial charge in [-0.2, -0.15) is 0 Å². The van der Waals surface area contributed by atoms with Crippen molar-refractivity contribution >= 4 is 52.2 Å². The van der Waals surface area contributed by atoms with Gasteiger partial charge in [-0.25, -0.2) is 4.79 Å². The van der Waals surface area contributed by atoms with Crippen LogP contribution < -0.4 is 16.0 Å². The highest BCUT2D eigenvalue weighted by Gasteiger charge is 2.36. The first-order valence-electron chi connectivity index (χ1n) is 10.0. The van der Waals surface area contributed by atoms with E-state index in [2.05, 4.69) is 22.5 Å². The summed E-state index contributed by atoms with van der Waals surface area (Å²) in [7, 11) is 0. The second-order valence-corrected chi connectivity index (χ2v) is 9.09. The number of urea groups is 1. The van der Waals surface area contributed by atoms with Gasteiger partial charge in [-0.05, 0) is 43.0 Å². The van der Waals surface area contributed by atoms with E-state index in [1.54, 1.807) is 23.5 Å². The normalized spacial score (nSPS) is 18.5. The van der Waals surface area contributed by atoms with Gasteiger partial charge in [0.2, 0.25) is 11.8 Å². The average Bonchev–Trinajstić information content (AvgIpc) is 3.21. The summed E-state index contributed by atoms with van der Waals surface area (Å²) in [5.74, 6) is -0.495. The molecule has 3 N–H and O–H groups in total. The number of nitrogens with zero attached hydrogens (tertiary/aromatic N) is 1. The first kappa shape index (κ1) is 21.4. The summed E-state index contributed by atoms with van der Waals surface area (Å²) < 4.78 is 0. The lowest BCUT2D eigenvalue weighted by molar-refractivity contribution is -0.131. The third-order valence-electron chi connectivity index (χ3n) is 5.63. The molecule has 2 aliphatic heterocycles. The van der Waals surface area contributed by atoms with Gasteiger partial charge in [-0.15, -0.1) is 11.3 Å². The van der Waals surface area contributed by atoms with Gasteiger partial charge in [0.15, 0.2) is 0 Å². The molecule has 162 valence electrons.